The molecular weight excluding hydrogens is 252 g/mol. The van der Waals surface area contributed by atoms with Gasteiger partial charge in [-0.3, -0.25) is 0 Å². The molecule has 0 amide bonds. The fourth-order valence-electron chi connectivity index (χ4n) is 2.22. The number of aryl methyl sites for hydroxylation is 3. The van der Waals surface area contributed by atoms with Crippen molar-refractivity contribution < 1.29 is 0 Å². The third-order valence-electron chi connectivity index (χ3n) is 3.21. The van der Waals surface area contributed by atoms with Gasteiger partial charge in [0.2, 0.25) is 0 Å². The van der Waals surface area contributed by atoms with E-state index in [0.29, 0.717) is 0 Å². The minimum absolute atomic E-state index is 0.270. The average Bonchev–Trinajstić information content (AvgIpc) is 2.71. The molecule has 2 aromatic rings. The summed E-state index contributed by atoms with van der Waals surface area (Å²) in [5.74, 6) is 0. The van der Waals surface area contributed by atoms with Gasteiger partial charge in [-0.15, -0.1) is 11.3 Å². The first-order valence-corrected chi connectivity index (χ1v) is 7.67. The van der Waals surface area contributed by atoms with Gasteiger partial charge < -0.3 is 5.32 Å². The van der Waals surface area contributed by atoms with Crippen molar-refractivity contribution >= 4 is 11.3 Å². The minimum Gasteiger partial charge on any atom is -0.306 e. The van der Waals surface area contributed by atoms with E-state index >= 15 is 0 Å². The van der Waals surface area contributed by atoms with Crippen molar-refractivity contribution in [2.75, 3.05) is 6.54 Å². The summed E-state index contributed by atoms with van der Waals surface area (Å²) in [5, 5.41) is 4.79. The molecule has 1 atom stereocenters. The van der Waals surface area contributed by atoms with Crippen molar-refractivity contribution in [1.29, 1.82) is 0 Å². The van der Waals surface area contributed by atoms with Crippen LogP contribution in [0.15, 0.2) is 24.3 Å². The monoisotopic (exact) mass is 274 g/mol. The van der Waals surface area contributed by atoms with Crippen LogP contribution in [-0.4, -0.2) is 11.5 Å². The van der Waals surface area contributed by atoms with Crippen LogP contribution in [0.2, 0.25) is 0 Å². The van der Waals surface area contributed by atoms with E-state index in [1.54, 1.807) is 11.3 Å². The molecule has 0 bridgehead atoms. The zero-order chi connectivity index (χ0) is 13.8. The van der Waals surface area contributed by atoms with Crippen molar-refractivity contribution in [1.82, 2.24) is 10.3 Å². The highest BCUT2D eigenvalue weighted by Gasteiger charge is 2.18. The molecule has 19 heavy (non-hydrogen) atoms. The Morgan fingerprint density at radius 2 is 1.84 bits per heavy atom. The van der Waals surface area contributed by atoms with E-state index in [0.717, 1.165) is 23.7 Å². The average molecular weight is 274 g/mol. The highest BCUT2D eigenvalue weighted by Crippen LogP contribution is 2.30. The Morgan fingerprint density at radius 3 is 2.37 bits per heavy atom. The van der Waals surface area contributed by atoms with Gasteiger partial charge in [-0.05, 0) is 39.3 Å². The summed E-state index contributed by atoms with van der Waals surface area (Å²) in [6.45, 7) is 9.53. The van der Waals surface area contributed by atoms with Gasteiger partial charge in [-0.1, -0.05) is 36.8 Å². The van der Waals surface area contributed by atoms with Gasteiger partial charge in [0.1, 0.15) is 0 Å². The van der Waals surface area contributed by atoms with Crippen LogP contribution in [0.1, 0.15) is 46.1 Å². The lowest BCUT2D eigenvalue weighted by atomic mass is 10.0. The maximum atomic E-state index is 4.56. The Hall–Kier alpha value is -1.19. The lowest BCUT2D eigenvalue weighted by Crippen LogP contribution is -2.23. The SMILES string of the molecule is CCCNC(c1ccc(C)cc1)c1sc(C)nc1C. The van der Waals surface area contributed by atoms with Crippen LogP contribution in [0.25, 0.3) is 0 Å². The van der Waals surface area contributed by atoms with E-state index in [1.807, 2.05) is 0 Å². The lowest BCUT2D eigenvalue weighted by molar-refractivity contribution is 0.602. The zero-order valence-corrected chi connectivity index (χ0v) is 13.0. The molecule has 0 saturated heterocycles. The molecule has 1 N–H and O–H groups in total. The molecule has 3 heteroatoms. The van der Waals surface area contributed by atoms with E-state index in [9.17, 15) is 0 Å². The maximum absolute atomic E-state index is 4.56. The van der Waals surface area contributed by atoms with Crippen molar-refractivity contribution in [2.24, 2.45) is 0 Å². The molecule has 0 fully saturated rings. The van der Waals surface area contributed by atoms with E-state index in [2.05, 4.69) is 62.3 Å². The number of benzene rings is 1. The molecule has 0 aliphatic carbocycles. The van der Waals surface area contributed by atoms with E-state index in [4.69, 9.17) is 0 Å². The molecule has 102 valence electrons. The summed E-state index contributed by atoms with van der Waals surface area (Å²) in [7, 11) is 0. The summed E-state index contributed by atoms with van der Waals surface area (Å²) < 4.78 is 0. The number of aromatic nitrogens is 1. The first-order valence-electron chi connectivity index (χ1n) is 6.85. The fourth-order valence-corrected chi connectivity index (χ4v) is 3.26. The molecule has 1 unspecified atom stereocenters. The van der Waals surface area contributed by atoms with Crippen molar-refractivity contribution in [3.63, 3.8) is 0 Å². The second-order valence-electron chi connectivity index (χ2n) is 4.98. The van der Waals surface area contributed by atoms with Crippen LogP contribution in [-0.2, 0) is 0 Å². The summed E-state index contributed by atoms with van der Waals surface area (Å²) in [6.07, 6.45) is 1.14. The standard InChI is InChI=1S/C16H22N2S/c1-5-10-17-15(14-8-6-11(2)7-9-14)16-12(3)18-13(4)19-16/h6-9,15,17H,5,10H2,1-4H3. The molecular formula is C16H22N2S. The quantitative estimate of drug-likeness (QED) is 0.885. The highest BCUT2D eigenvalue weighted by molar-refractivity contribution is 7.11. The minimum atomic E-state index is 0.270. The number of thiazole rings is 1. The van der Waals surface area contributed by atoms with Crippen molar-refractivity contribution in [3.8, 4) is 0 Å². The van der Waals surface area contributed by atoms with Crippen LogP contribution < -0.4 is 5.32 Å². The molecule has 0 aliphatic heterocycles. The highest BCUT2D eigenvalue weighted by atomic mass is 32.1. The summed E-state index contributed by atoms with van der Waals surface area (Å²) in [6, 6.07) is 9.07. The Kier molecular flexibility index (Phi) is 4.72. The largest absolute Gasteiger partial charge is 0.306 e. The van der Waals surface area contributed by atoms with Gasteiger partial charge in [0.05, 0.1) is 16.7 Å². The van der Waals surface area contributed by atoms with Gasteiger partial charge in [0.15, 0.2) is 0 Å². The number of nitrogens with one attached hydrogen (secondary N) is 1. The van der Waals surface area contributed by atoms with Gasteiger partial charge in [-0.25, -0.2) is 4.98 Å². The third kappa shape index (κ3) is 3.43. The van der Waals surface area contributed by atoms with Crippen LogP contribution >= 0.6 is 11.3 Å². The lowest BCUT2D eigenvalue weighted by Gasteiger charge is -2.18. The summed E-state index contributed by atoms with van der Waals surface area (Å²) in [5.41, 5.74) is 3.78. The molecule has 2 rings (SSSR count). The second-order valence-corrected chi connectivity index (χ2v) is 6.22. The predicted molar refractivity (Wildman–Crippen MR) is 82.9 cm³/mol. The van der Waals surface area contributed by atoms with Gasteiger partial charge in [0.25, 0.3) is 0 Å². The first kappa shape index (κ1) is 14.2. The van der Waals surface area contributed by atoms with Crippen molar-refractivity contribution in [2.45, 2.75) is 40.2 Å². The number of rotatable bonds is 5. The van der Waals surface area contributed by atoms with Crippen LogP contribution in [0, 0.1) is 20.8 Å². The van der Waals surface area contributed by atoms with Crippen LogP contribution in [0.4, 0.5) is 0 Å². The molecule has 1 aromatic heterocycles. The van der Waals surface area contributed by atoms with E-state index in [-0.39, 0.29) is 6.04 Å². The maximum Gasteiger partial charge on any atom is 0.0900 e. The Balaban J connectivity index is 2.35. The topological polar surface area (TPSA) is 24.9 Å². The number of nitrogens with zero attached hydrogens (tertiary/aromatic N) is 1. The molecule has 1 heterocycles. The zero-order valence-electron chi connectivity index (χ0n) is 12.2. The second kappa shape index (κ2) is 6.31. The summed E-state index contributed by atoms with van der Waals surface area (Å²) >= 11 is 1.80. The number of hydrogen-bond donors (Lipinski definition) is 1. The third-order valence-corrected chi connectivity index (χ3v) is 4.35. The van der Waals surface area contributed by atoms with E-state index < -0.39 is 0 Å². The molecule has 0 aliphatic rings. The van der Waals surface area contributed by atoms with Crippen LogP contribution in [0.5, 0.6) is 0 Å². The van der Waals surface area contributed by atoms with Crippen LogP contribution in [0.3, 0.4) is 0 Å². The molecule has 0 saturated carbocycles. The van der Waals surface area contributed by atoms with Gasteiger partial charge >= 0.3 is 0 Å². The molecule has 0 spiro atoms. The van der Waals surface area contributed by atoms with E-state index in [1.165, 1.54) is 16.0 Å². The molecule has 1 aromatic carbocycles. The van der Waals surface area contributed by atoms with Gasteiger partial charge in [0, 0.05) is 4.88 Å². The molecule has 0 radical (unpaired) electrons. The molecule has 2 nitrogen and oxygen atoms in total. The first-order chi connectivity index (χ1) is 9.11. The van der Waals surface area contributed by atoms with Gasteiger partial charge in [-0.2, -0.15) is 0 Å². The fraction of sp³-hybridized carbons (Fsp3) is 0.438. The normalized spacial score (nSPS) is 12.6. The Bertz CT molecular complexity index is 528. The number of hydrogen-bond acceptors (Lipinski definition) is 3. The Labute approximate surface area is 119 Å². The predicted octanol–water partition coefficient (Wildman–Crippen LogP) is 4.16. The van der Waals surface area contributed by atoms with Crippen molar-refractivity contribution in [3.05, 3.63) is 51.0 Å². The summed E-state index contributed by atoms with van der Waals surface area (Å²) in [4.78, 5) is 5.90. The Morgan fingerprint density at radius 1 is 1.16 bits per heavy atom. The smallest absolute Gasteiger partial charge is 0.0900 e.